The summed E-state index contributed by atoms with van der Waals surface area (Å²) in [5, 5.41) is 2.35. The van der Waals surface area contributed by atoms with Crippen LogP contribution in [0.3, 0.4) is 0 Å². The molecule has 1 nitrogen and oxygen atoms in total. The van der Waals surface area contributed by atoms with Gasteiger partial charge < -0.3 is 4.74 Å². The maximum absolute atomic E-state index is 5.60. The highest BCUT2D eigenvalue weighted by Crippen LogP contribution is 2.27. The lowest BCUT2D eigenvalue weighted by molar-refractivity contribution is 0.340. The average molecular weight is 210 g/mol. The summed E-state index contributed by atoms with van der Waals surface area (Å²) in [6.07, 6.45) is 0. The van der Waals surface area contributed by atoms with Crippen LogP contribution in [0.5, 0.6) is 5.75 Å². The minimum Gasteiger partial charge on any atom is -0.493 e. The molecule has 0 aliphatic rings. The van der Waals surface area contributed by atoms with Gasteiger partial charge in [-0.1, -0.05) is 36.3 Å². The highest BCUT2D eigenvalue weighted by atomic mass is 16.5. The number of fused-ring (bicyclic) bond motifs is 1. The van der Waals surface area contributed by atoms with Gasteiger partial charge in [0.2, 0.25) is 0 Å². The van der Waals surface area contributed by atoms with Crippen molar-refractivity contribution in [3.05, 3.63) is 42.0 Å². The van der Waals surface area contributed by atoms with Crippen LogP contribution in [0.25, 0.3) is 10.8 Å². The molecule has 0 radical (unpaired) electrons. The van der Waals surface area contributed by atoms with E-state index < -0.39 is 0 Å². The standard InChI is InChI=1S/C15H14O/c1-3-7-14-13-9-6-5-8-12(13)10-11-15(14)16-4-2/h5-6,8-11H,4H2,1-2H3. The minimum atomic E-state index is 0.663. The summed E-state index contributed by atoms with van der Waals surface area (Å²) in [6, 6.07) is 12.3. The van der Waals surface area contributed by atoms with Gasteiger partial charge in [-0.3, -0.25) is 0 Å². The Labute approximate surface area is 96.1 Å². The molecule has 1 heteroatoms. The first-order valence-corrected chi connectivity index (χ1v) is 5.44. The molecule has 0 heterocycles. The number of rotatable bonds is 2. The van der Waals surface area contributed by atoms with Gasteiger partial charge in [-0.15, -0.1) is 5.92 Å². The number of ether oxygens (including phenoxy) is 1. The zero-order valence-corrected chi connectivity index (χ0v) is 9.58. The second kappa shape index (κ2) is 4.72. The van der Waals surface area contributed by atoms with Crippen LogP contribution in [-0.4, -0.2) is 6.61 Å². The fourth-order valence-electron chi connectivity index (χ4n) is 1.78. The van der Waals surface area contributed by atoms with Crippen LogP contribution in [-0.2, 0) is 0 Å². The highest BCUT2D eigenvalue weighted by Gasteiger charge is 2.05. The number of hydrogen-bond donors (Lipinski definition) is 0. The molecule has 80 valence electrons. The zero-order valence-electron chi connectivity index (χ0n) is 9.58. The largest absolute Gasteiger partial charge is 0.493 e. The van der Waals surface area contributed by atoms with Crippen LogP contribution in [0.15, 0.2) is 36.4 Å². The average Bonchev–Trinajstić information content (AvgIpc) is 2.32. The van der Waals surface area contributed by atoms with Crippen molar-refractivity contribution in [2.45, 2.75) is 13.8 Å². The van der Waals surface area contributed by atoms with Crippen molar-refractivity contribution in [2.24, 2.45) is 0 Å². The summed E-state index contributed by atoms with van der Waals surface area (Å²) < 4.78 is 5.60. The Balaban J connectivity index is 2.72. The summed E-state index contributed by atoms with van der Waals surface area (Å²) in [6.45, 7) is 4.49. The van der Waals surface area contributed by atoms with Gasteiger partial charge in [0, 0.05) is 5.39 Å². The molecule has 0 saturated heterocycles. The molecule has 0 saturated carbocycles. The first-order chi connectivity index (χ1) is 7.86. The van der Waals surface area contributed by atoms with Crippen molar-refractivity contribution in [1.82, 2.24) is 0 Å². The van der Waals surface area contributed by atoms with E-state index in [1.165, 1.54) is 5.39 Å². The van der Waals surface area contributed by atoms with Crippen LogP contribution in [0, 0.1) is 11.8 Å². The molecule has 16 heavy (non-hydrogen) atoms. The molecule has 2 aromatic rings. The van der Waals surface area contributed by atoms with Crippen LogP contribution >= 0.6 is 0 Å². The van der Waals surface area contributed by atoms with E-state index in [4.69, 9.17) is 4.74 Å². The fourth-order valence-corrected chi connectivity index (χ4v) is 1.78. The van der Waals surface area contributed by atoms with Gasteiger partial charge in [-0.05, 0) is 25.3 Å². The minimum absolute atomic E-state index is 0.663. The fraction of sp³-hybridized carbons (Fsp3) is 0.200. The van der Waals surface area contributed by atoms with Gasteiger partial charge in [0.25, 0.3) is 0 Å². The topological polar surface area (TPSA) is 9.23 Å². The molecule has 0 unspecified atom stereocenters. The van der Waals surface area contributed by atoms with Gasteiger partial charge in [0.1, 0.15) is 5.75 Å². The van der Waals surface area contributed by atoms with Gasteiger partial charge in [0.15, 0.2) is 0 Å². The van der Waals surface area contributed by atoms with E-state index in [1.54, 1.807) is 0 Å². The van der Waals surface area contributed by atoms with E-state index in [0.29, 0.717) is 6.61 Å². The molecule has 2 rings (SSSR count). The van der Waals surface area contributed by atoms with E-state index in [9.17, 15) is 0 Å². The highest BCUT2D eigenvalue weighted by molar-refractivity contribution is 5.90. The van der Waals surface area contributed by atoms with Crippen LogP contribution in [0.2, 0.25) is 0 Å². The lowest BCUT2D eigenvalue weighted by atomic mass is 10.0. The molecule has 0 amide bonds. The third-order valence-corrected chi connectivity index (χ3v) is 2.44. The summed E-state index contributed by atoms with van der Waals surface area (Å²) in [4.78, 5) is 0. The van der Waals surface area contributed by atoms with Gasteiger partial charge in [-0.2, -0.15) is 0 Å². The predicted octanol–water partition coefficient (Wildman–Crippen LogP) is 3.61. The third kappa shape index (κ3) is 1.87. The van der Waals surface area contributed by atoms with Crippen LogP contribution in [0.1, 0.15) is 19.4 Å². The molecule has 2 aromatic carbocycles. The lowest BCUT2D eigenvalue weighted by Crippen LogP contribution is -1.95. The monoisotopic (exact) mass is 210 g/mol. The van der Waals surface area contributed by atoms with E-state index >= 15 is 0 Å². The van der Waals surface area contributed by atoms with Crippen molar-refractivity contribution in [3.63, 3.8) is 0 Å². The van der Waals surface area contributed by atoms with Crippen molar-refractivity contribution in [1.29, 1.82) is 0 Å². The van der Waals surface area contributed by atoms with Gasteiger partial charge >= 0.3 is 0 Å². The van der Waals surface area contributed by atoms with Crippen molar-refractivity contribution in [2.75, 3.05) is 6.61 Å². The molecule has 0 N–H and O–H groups in total. The quantitative estimate of drug-likeness (QED) is 0.688. The van der Waals surface area contributed by atoms with E-state index in [-0.39, 0.29) is 0 Å². The third-order valence-electron chi connectivity index (χ3n) is 2.44. The van der Waals surface area contributed by atoms with E-state index in [1.807, 2.05) is 32.0 Å². The Kier molecular flexibility index (Phi) is 3.12. The summed E-state index contributed by atoms with van der Waals surface area (Å²) in [5.41, 5.74) is 0.988. The predicted molar refractivity (Wildman–Crippen MR) is 67.7 cm³/mol. The molecule has 0 fully saturated rings. The first-order valence-electron chi connectivity index (χ1n) is 5.44. The Bertz CT molecular complexity index is 558. The lowest BCUT2D eigenvalue weighted by Gasteiger charge is -2.08. The normalized spacial score (nSPS) is 9.62. The summed E-state index contributed by atoms with van der Waals surface area (Å²) in [5.74, 6) is 6.94. The molecular weight excluding hydrogens is 196 g/mol. The maximum Gasteiger partial charge on any atom is 0.135 e. The Morgan fingerprint density at radius 2 is 1.94 bits per heavy atom. The zero-order chi connectivity index (χ0) is 11.4. The Hall–Kier alpha value is -1.94. The molecular formula is C15H14O. The van der Waals surface area contributed by atoms with Crippen molar-refractivity contribution in [3.8, 4) is 17.6 Å². The number of hydrogen-bond acceptors (Lipinski definition) is 1. The maximum atomic E-state index is 5.60. The second-order valence-electron chi connectivity index (χ2n) is 3.47. The van der Waals surface area contributed by atoms with Crippen LogP contribution < -0.4 is 4.74 Å². The smallest absolute Gasteiger partial charge is 0.135 e. The van der Waals surface area contributed by atoms with Gasteiger partial charge in [-0.25, -0.2) is 0 Å². The summed E-state index contributed by atoms with van der Waals surface area (Å²) >= 11 is 0. The molecule has 0 bridgehead atoms. The second-order valence-corrected chi connectivity index (χ2v) is 3.47. The number of benzene rings is 2. The van der Waals surface area contributed by atoms with E-state index in [0.717, 1.165) is 16.7 Å². The Morgan fingerprint density at radius 1 is 1.12 bits per heavy atom. The van der Waals surface area contributed by atoms with Crippen molar-refractivity contribution < 1.29 is 4.74 Å². The van der Waals surface area contributed by atoms with E-state index in [2.05, 4.69) is 30.0 Å². The summed E-state index contributed by atoms with van der Waals surface area (Å²) in [7, 11) is 0. The van der Waals surface area contributed by atoms with Crippen molar-refractivity contribution >= 4 is 10.8 Å². The molecule has 0 spiro atoms. The molecule has 0 atom stereocenters. The van der Waals surface area contributed by atoms with Crippen LogP contribution in [0.4, 0.5) is 0 Å². The first kappa shape index (κ1) is 10.6. The SMILES string of the molecule is CC#Cc1c(OCC)ccc2ccccc12. The molecule has 0 aliphatic heterocycles. The Morgan fingerprint density at radius 3 is 2.69 bits per heavy atom. The molecule has 0 aliphatic carbocycles. The molecule has 0 aromatic heterocycles. The van der Waals surface area contributed by atoms with Gasteiger partial charge in [0.05, 0.1) is 12.2 Å².